The molecule has 0 atom stereocenters. The number of rotatable bonds is 4. The molecule has 4 nitrogen and oxygen atoms in total. The third-order valence-electron chi connectivity index (χ3n) is 3.11. The molecule has 0 saturated carbocycles. The van der Waals surface area contributed by atoms with Crippen molar-refractivity contribution in [3.63, 3.8) is 0 Å². The molecule has 3 rings (SSSR count). The van der Waals surface area contributed by atoms with E-state index in [1.807, 2.05) is 24.3 Å². The first-order valence-electron chi connectivity index (χ1n) is 6.80. The van der Waals surface area contributed by atoms with Crippen LogP contribution < -0.4 is 4.74 Å². The topological polar surface area (TPSA) is 48.2 Å². The van der Waals surface area contributed by atoms with Crippen molar-refractivity contribution in [2.75, 3.05) is 0 Å². The summed E-state index contributed by atoms with van der Waals surface area (Å²) in [6, 6.07) is 12.0. The summed E-state index contributed by atoms with van der Waals surface area (Å²) in [5.41, 5.74) is -0.288. The molecule has 3 aromatic rings. The highest BCUT2D eigenvalue weighted by Crippen LogP contribution is 2.30. The standard InChI is InChI=1S/C16H10F3IN2O2/c17-16(18,19)11-3-1-10(2-4-11)15-21-14(24-22-15)9-23-13-7-5-12(20)6-8-13/h1-8H,9H2. The maximum Gasteiger partial charge on any atom is 0.416 e. The van der Waals surface area contributed by atoms with Crippen LogP contribution in [0.2, 0.25) is 0 Å². The molecule has 0 saturated heterocycles. The first kappa shape index (κ1) is 16.7. The number of hydrogen-bond acceptors (Lipinski definition) is 4. The molecule has 0 amide bonds. The average molecular weight is 446 g/mol. The minimum absolute atomic E-state index is 0.0776. The minimum atomic E-state index is -4.37. The summed E-state index contributed by atoms with van der Waals surface area (Å²) in [4.78, 5) is 4.12. The second-order valence-corrected chi connectivity index (χ2v) is 6.08. The van der Waals surface area contributed by atoms with Gasteiger partial charge in [0.25, 0.3) is 5.89 Å². The zero-order valence-electron chi connectivity index (χ0n) is 12.0. The molecule has 0 aliphatic rings. The Morgan fingerprint density at radius 3 is 2.29 bits per heavy atom. The summed E-state index contributed by atoms with van der Waals surface area (Å²) in [6.07, 6.45) is -4.37. The molecule has 1 aromatic heterocycles. The summed E-state index contributed by atoms with van der Waals surface area (Å²) in [5, 5.41) is 3.76. The fourth-order valence-electron chi connectivity index (χ4n) is 1.91. The number of hydrogen-bond donors (Lipinski definition) is 0. The molecule has 8 heteroatoms. The van der Waals surface area contributed by atoms with Gasteiger partial charge in [0.05, 0.1) is 5.56 Å². The van der Waals surface area contributed by atoms with Gasteiger partial charge in [-0.15, -0.1) is 0 Å². The van der Waals surface area contributed by atoms with E-state index in [1.165, 1.54) is 12.1 Å². The van der Waals surface area contributed by atoms with Gasteiger partial charge >= 0.3 is 6.18 Å². The third-order valence-corrected chi connectivity index (χ3v) is 3.83. The lowest BCUT2D eigenvalue weighted by Crippen LogP contribution is -2.04. The molecule has 2 aromatic carbocycles. The van der Waals surface area contributed by atoms with Crippen LogP contribution >= 0.6 is 22.6 Å². The van der Waals surface area contributed by atoms with E-state index in [0.29, 0.717) is 11.3 Å². The van der Waals surface area contributed by atoms with Gasteiger partial charge in [-0.1, -0.05) is 17.3 Å². The molecule has 0 bridgehead atoms. The molecule has 0 spiro atoms. The van der Waals surface area contributed by atoms with Crippen molar-refractivity contribution in [3.05, 3.63) is 63.6 Å². The van der Waals surface area contributed by atoms with Crippen LogP contribution in [0, 0.1) is 3.57 Å². The third kappa shape index (κ3) is 4.05. The fourth-order valence-corrected chi connectivity index (χ4v) is 2.27. The van der Waals surface area contributed by atoms with Crippen LogP contribution in [0.1, 0.15) is 11.5 Å². The van der Waals surface area contributed by atoms with E-state index in [9.17, 15) is 13.2 Å². The van der Waals surface area contributed by atoms with E-state index in [2.05, 4.69) is 32.7 Å². The molecule has 124 valence electrons. The van der Waals surface area contributed by atoms with Gasteiger partial charge in [-0.25, -0.2) is 0 Å². The summed E-state index contributed by atoms with van der Waals surface area (Å²) >= 11 is 2.19. The molecule has 0 N–H and O–H groups in total. The minimum Gasteiger partial charge on any atom is -0.484 e. The van der Waals surface area contributed by atoms with Gasteiger partial charge in [-0.2, -0.15) is 18.2 Å². The Kier molecular flexibility index (Phi) is 4.74. The van der Waals surface area contributed by atoms with Crippen molar-refractivity contribution in [2.45, 2.75) is 12.8 Å². The molecule has 1 heterocycles. The molecular formula is C16H10F3IN2O2. The molecule has 24 heavy (non-hydrogen) atoms. The molecule has 0 unspecified atom stereocenters. The molecular weight excluding hydrogens is 436 g/mol. The van der Waals surface area contributed by atoms with Crippen LogP contribution in [0.4, 0.5) is 13.2 Å². The van der Waals surface area contributed by atoms with Gasteiger partial charge in [-0.3, -0.25) is 0 Å². The average Bonchev–Trinajstić information content (AvgIpc) is 3.03. The quantitative estimate of drug-likeness (QED) is 0.533. The molecule has 0 radical (unpaired) electrons. The van der Waals surface area contributed by atoms with Crippen molar-refractivity contribution >= 4 is 22.6 Å². The number of ether oxygens (including phenoxy) is 1. The number of alkyl halides is 3. The zero-order chi connectivity index (χ0) is 17.2. The van der Waals surface area contributed by atoms with Gasteiger partial charge in [0.2, 0.25) is 5.82 Å². The Balaban J connectivity index is 1.68. The zero-order valence-corrected chi connectivity index (χ0v) is 14.2. The van der Waals surface area contributed by atoms with Crippen LogP contribution in [0.25, 0.3) is 11.4 Å². The predicted molar refractivity (Wildman–Crippen MR) is 88.2 cm³/mol. The normalized spacial score (nSPS) is 11.5. The van der Waals surface area contributed by atoms with Crippen molar-refractivity contribution < 1.29 is 22.4 Å². The summed E-state index contributed by atoms with van der Waals surface area (Å²) in [5.74, 6) is 1.11. The van der Waals surface area contributed by atoms with Crippen molar-refractivity contribution in [3.8, 4) is 17.1 Å². The first-order chi connectivity index (χ1) is 11.4. The highest BCUT2D eigenvalue weighted by molar-refractivity contribution is 14.1. The van der Waals surface area contributed by atoms with Crippen LogP contribution in [-0.4, -0.2) is 10.1 Å². The maximum atomic E-state index is 12.5. The fraction of sp³-hybridized carbons (Fsp3) is 0.125. The summed E-state index contributed by atoms with van der Waals surface area (Å²) in [7, 11) is 0. The van der Waals surface area contributed by atoms with Crippen LogP contribution in [0.5, 0.6) is 5.75 Å². The number of aromatic nitrogens is 2. The van der Waals surface area contributed by atoms with E-state index in [-0.39, 0.29) is 18.3 Å². The summed E-state index contributed by atoms with van der Waals surface area (Å²) < 4.78 is 49.3. The van der Waals surface area contributed by atoms with E-state index < -0.39 is 11.7 Å². The van der Waals surface area contributed by atoms with Gasteiger partial charge in [0.15, 0.2) is 6.61 Å². The smallest absolute Gasteiger partial charge is 0.416 e. The second kappa shape index (κ2) is 6.80. The monoisotopic (exact) mass is 446 g/mol. The van der Waals surface area contributed by atoms with E-state index >= 15 is 0 Å². The van der Waals surface area contributed by atoms with Gasteiger partial charge in [-0.05, 0) is 59.0 Å². The molecule has 0 aliphatic heterocycles. The maximum absolute atomic E-state index is 12.5. The Bertz CT molecular complexity index is 815. The van der Waals surface area contributed by atoms with E-state index in [4.69, 9.17) is 9.26 Å². The number of halogens is 4. The lowest BCUT2D eigenvalue weighted by atomic mass is 10.1. The van der Waals surface area contributed by atoms with Crippen molar-refractivity contribution in [1.82, 2.24) is 10.1 Å². The molecule has 0 aliphatic carbocycles. The largest absolute Gasteiger partial charge is 0.484 e. The number of nitrogens with zero attached hydrogens (tertiary/aromatic N) is 2. The Morgan fingerprint density at radius 2 is 1.67 bits per heavy atom. The van der Waals surface area contributed by atoms with Crippen molar-refractivity contribution in [2.24, 2.45) is 0 Å². The number of benzene rings is 2. The van der Waals surface area contributed by atoms with E-state index in [0.717, 1.165) is 15.7 Å². The van der Waals surface area contributed by atoms with Gasteiger partial charge in [0, 0.05) is 9.13 Å². The van der Waals surface area contributed by atoms with Gasteiger partial charge < -0.3 is 9.26 Å². The first-order valence-corrected chi connectivity index (χ1v) is 7.88. The van der Waals surface area contributed by atoms with Gasteiger partial charge in [0.1, 0.15) is 5.75 Å². The van der Waals surface area contributed by atoms with E-state index in [1.54, 1.807) is 0 Å². The Labute approximate surface area is 148 Å². The SMILES string of the molecule is FC(F)(F)c1ccc(-c2noc(COc3ccc(I)cc3)n2)cc1. The molecule has 0 fully saturated rings. The Morgan fingerprint density at radius 1 is 1.00 bits per heavy atom. The van der Waals surface area contributed by atoms with Crippen LogP contribution in [-0.2, 0) is 12.8 Å². The Hall–Kier alpha value is -2.10. The van der Waals surface area contributed by atoms with Crippen molar-refractivity contribution in [1.29, 1.82) is 0 Å². The van der Waals surface area contributed by atoms with Crippen LogP contribution in [0.15, 0.2) is 53.1 Å². The lowest BCUT2D eigenvalue weighted by molar-refractivity contribution is -0.137. The lowest BCUT2D eigenvalue weighted by Gasteiger charge is -2.05. The predicted octanol–water partition coefficient (Wildman–Crippen LogP) is 4.94. The highest BCUT2D eigenvalue weighted by atomic mass is 127. The summed E-state index contributed by atoms with van der Waals surface area (Å²) in [6.45, 7) is 0.0776. The highest BCUT2D eigenvalue weighted by Gasteiger charge is 2.30. The van der Waals surface area contributed by atoms with Crippen LogP contribution in [0.3, 0.4) is 0 Å². The second-order valence-electron chi connectivity index (χ2n) is 4.83.